The second-order valence-corrected chi connectivity index (χ2v) is 6.90. The molecule has 6 nitrogen and oxygen atoms in total. The normalized spacial score (nSPS) is 20.6. The lowest BCUT2D eigenvalue weighted by Gasteiger charge is -2.27. The number of nitrogens with one attached hydrogen (secondary N) is 1. The maximum absolute atomic E-state index is 12.7. The van der Waals surface area contributed by atoms with E-state index in [0.717, 1.165) is 12.8 Å². The van der Waals surface area contributed by atoms with Crippen molar-refractivity contribution >= 4 is 29.2 Å². The molecule has 1 aromatic rings. The Kier molecular flexibility index (Phi) is 5.36. The van der Waals surface area contributed by atoms with Crippen molar-refractivity contribution in [3.63, 3.8) is 0 Å². The van der Waals surface area contributed by atoms with Crippen molar-refractivity contribution in [2.75, 3.05) is 16.8 Å². The average molecular weight is 344 g/mol. The topological polar surface area (TPSA) is 75.7 Å². The zero-order chi connectivity index (χ0) is 17.8. The first-order valence-corrected chi connectivity index (χ1v) is 8.91. The van der Waals surface area contributed by atoms with Gasteiger partial charge in [-0.2, -0.15) is 0 Å². The Morgan fingerprint density at radius 1 is 1.24 bits per heavy atom. The first-order chi connectivity index (χ1) is 12.0. The number of benzene rings is 1. The van der Waals surface area contributed by atoms with Crippen LogP contribution in [0.15, 0.2) is 24.3 Å². The highest BCUT2D eigenvalue weighted by atomic mass is 16.5. The van der Waals surface area contributed by atoms with Gasteiger partial charge in [-0.15, -0.1) is 0 Å². The van der Waals surface area contributed by atoms with Gasteiger partial charge in [0.2, 0.25) is 5.91 Å². The zero-order valence-electron chi connectivity index (χ0n) is 14.5. The summed E-state index contributed by atoms with van der Waals surface area (Å²) in [6, 6.07) is 6.87. The quantitative estimate of drug-likeness (QED) is 0.852. The van der Waals surface area contributed by atoms with Crippen LogP contribution < -0.4 is 10.2 Å². The molecule has 1 aliphatic carbocycles. The van der Waals surface area contributed by atoms with Gasteiger partial charge in [0.25, 0.3) is 5.91 Å². The molecular weight excluding hydrogens is 320 g/mol. The average Bonchev–Trinajstić information content (AvgIpc) is 3.03. The lowest BCUT2D eigenvalue weighted by Crippen LogP contribution is -2.41. The van der Waals surface area contributed by atoms with Crippen LogP contribution in [0.5, 0.6) is 0 Å². The number of rotatable bonds is 4. The number of nitrogens with zero attached hydrogens (tertiary/aromatic N) is 1. The van der Waals surface area contributed by atoms with Crippen molar-refractivity contribution in [3.8, 4) is 0 Å². The molecule has 6 heteroatoms. The van der Waals surface area contributed by atoms with Crippen molar-refractivity contribution < 1.29 is 19.1 Å². The Labute approximate surface area is 147 Å². The molecule has 0 spiro atoms. The van der Waals surface area contributed by atoms with Crippen molar-refractivity contribution in [1.29, 1.82) is 0 Å². The molecule has 0 saturated heterocycles. The molecule has 1 saturated carbocycles. The summed E-state index contributed by atoms with van der Waals surface area (Å²) in [4.78, 5) is 38.2. The van der Waals surface area contributed by atoms with E-state index in [2.05, 4.69) is 5.32 Å². The minimum absolute atomic E-state index is 0.131. The molecule has 3 rings (SSSR count). The van der Waals surface area contributed by atoms with Crippen molar-refractivity contribution in [2.24, 2.45) is 5.92 Å². The Hall–Kier alpha value is -2.37. The number of carbonyl (C=O) groups is 3. The minimum Gasteiger partial charge on any atom is -0.456 e. The Balaban J connectivity index is 1.65. The van der Waals surface area contributed by atoms with Gasteiger partial charge in [0, 0.05) is 18.9 Å². The van der Waals surface area contributed by atoms with Gasteiger partial charge in [0.15, 0.2) is 6.61 Å². The monoisotopic (exact) mass is 344 g/mol. The van der Waals surface area contributed by atoms with Crippen LogP contribution in [-0.2, 0) is 19.1 Å². The third kappa shape index (κ3) is 4.18. The molecule has 25 heavy (non-hydrogen) atoms. The highest BCUT2D eigenvalue weighted by Crippen LogP contribution is 2.31. The summed E-state index contributed by atoms with van der Waals surface area (Å²) in [5.41, 5.74) is 1.24. The number of hydrogen-bond donors (Lipinski definition) is 1. The Morgan fingerprint density at radius 3 is 2.72 bits per heavy atom. The lowest BCUT2D eigenvalue weighted by molar-refractivity contribution is -0.148. The summed E-state index contributed by atoms with van der Waals surface area (Å²) in [5, 5.41) is 2.81. The predicted molar refractivity (Wildman–Crippen MR) is 94.2 cm³/mol. The molecule has 134 valence electrons. The predicted octanol–water partition coefficient (Wildman–Crippen LogP) is 2.87. The number of hydrogen-bond acceptors (Lipinski definition) is 4. The van der Waals surface area contributed by atoms with E-state index < -0.39 is 0 Å². The first kappa shape index (κ1) is 17.5. The van der Waals surface area contributed by atoms with Crippen LogP contribution in [0, 0.1) is 5.92 Å². The lowest BCUT2D eigenvalue weighted by atomic mass is 10.0. The fourth-order valence-corrected chi connectivity index (χ4v) is 3.69. The molecule has 2 amide bonds. The van der Waals surface area contributed by atoms with Gasteiger partial charge in [0.1, 0.15) is 0 Å². The number of esters is 1. The Bertz CT molecular complexity index is 667. The van der Waals surface area contributed by atoms with Crippen LogP contribution in [0.3, 0.4) is 0 Å². The van der Waals surface area contributed by atoms with E-state index in [1.54, 1.807) is 23.1 Å². The molecule has 1 aromatic carbocycles. The zero-order valence-corrected chi connectivity index (χ0v) is 14.5. The smallest absolute Gasteiger partial charge is 0.306 e. The van der Waals surface area contributed by atoms with Crippen molar-refractivity contribution in [3.05, 3.63) is 24.3 Å². The molecule has 1 atom stereocenters. The highest BCUT2D eigenvalue weighted by Gasteiger charge is 2.30. The summed E-state index contributed by atoms with van der Waals surface area (Å²) in [7, 11) is 0. The number of anilines is 2. The molecule has 0 bridgehead atoms. The third-order valence-corrected chi connectivity index (χ3v) is 4.91. The maximum atomic E-state index is 12.7. The summed E-state index contributed by atoms with van der Waals surface area (Å²) < 4.78 is 5.21. The molecular formula is C19H24N2O4. The number of amides is 2. The maximum Gasteiger partial charge on any atom is 0.306 e. The molecule has 2 aliphatic rings. The molecule has 1 fully saturated rings. The largest absolute Gasteiger partial charge is 0.456 e. The summed E-state index contributed by atoms with van der Waals surface area (Å²) >= 11 is 0. The molecule has 0 unspecified atom stereocenters. The fraction of sp³-hybridized carbons (Fsp3) is 0.526. The van der Waals surface area contributed by atoms with Crippen LogP contribution in [0.2, 0.25) is 0 Å². The van der Waals surface area contributed by atoms with Gasteiger partial charge >= 0.3 is 5.97 Å². The number of ether oxygens (including phenoxy) is 1. The first-order valence-electron chi connectivity index (χ1n) is 8.91. The van der Waals surface area contributed by atoms with Gasteiger partial charge in [-0.25, -0.2) is 0 Å². The van der Waals surface area contributed by atoms with Gasteiger partial charge in [0.05, 0.1) is 11.4 Å². The van der Waals surface area contributed by atoms with E-state index in [-0.39, 0.29) is 36.9 Å². The molecule has 1 aliphatic heterocycles. The van der Waals surface area contributed by atoms with Crippen molar-refractivity contribution in [2.45, 2.75) is 51.5 Å². The molecule has 0 aromatic heterocycles. The van der Waals surface area contributed by atoms with E-state index >= 15 is 0 Å². The van der Waals surface area contributed by atoms with Crippen LogP contribution in [0.25, 0.3) is 0 Å². The van der Waals surface area contributed by atoms with Crippen LogP contribution >= 0.6 is 0 Å². The second kappa shape index (κ2) is 7.68. The van der Waals surface area contributed by atoms with E-state index in [0.29, 0.717) is 23.7 Å². The standard InChI is InChI=1S/C19H24N2O4/c1-13-10-17(22)20-15-8-4-5-9-16(15)21(13)18(23)12-25-19(24)11-14-6-2-3-7-14/h4-5,8-9,13-14H,2-3,6-7,10-12H2,1H3,(H,20,22)/t13-/m1/s1. The second-order valence-electron chi connectivity index (χ2n) is 6.90. The SMILES string of the molecule is C[C@@H]1CC(=O)Nc2ccccc2N1C(=O)COC(=O)CC1CCCC1. The van der Waals surface area contributed by atoms with Crippen LogP contribution in [-0.4, -0.2) is 30.4 Å². The highest BCUT2D eigenvalue weighted by molar-refractivity contribution is 6.05. The van der Waals surface area contributed by atoms with Crippen LogP contribution in [0.4, 0.5) is 11.4 Å². The summed E-state index contributed by atoms with van der Waals surface area (Å²) in [6.45, 7) is 1.53. The van der Waals surface area contributed by atoms with Crippen molar-refractivity contribution in [1.82, 2.24) is 0 Å². The minimum atomic E-state index is -0.315. The van der Waals surface area contributed by atoms with Gasteiger partial charge in [-0.05, 0) is 37.8 Å². The molecule has 1 heterocycles. The van der Waals surface area contributed by atoms with Gasteiger partial charge in [-0.3, -0.25) is 14.4 Å². The van der Waals surface area contributed by atoms with Gasteiger partial charge < -0.3 is 15.0 Å². The third-order valence-electron chi connectivity index (χ3n) is 4.91. The van der Waals surface area contributed by atoms with E-state index in [1.807, 2.05) is 13.0 Å². The van der Waals surface area contributed by atoms with E-state index in [1.165, 1.54) is 12.8 Å². The summed E-state index contributed by atoms with van der Waals surface area (Å²) in [6.07, 6.45) is 5.05. The number of fused-ring (bicyclic) bond motifs is 1. The van der Waals surface area contributed by atoms with Crippen LogP contribution in [0.1, 0.15) is 45.4 Å². The van der Waals surface area contributed by atoms with E-state index in [4.69, 9.17) is 4.74 Å². The molecule has 1 N–H and O–H groups in total. The van der Waals surface area contributed by atoms with E-state index in [9.17, 15) is 14.4 Å². The number of carbonyl (C=O) groups excluding carboxylic acids is 3. The van der Waals surface area contributed by atoms with Gasteiger partial charge in [-0.1, -0.05) is 25.0 Å². The summed E-state index contributed by atoms with van der Waals surface area (Å²) in [5.74, 6) is -0.364. The number of para-hydroxylation sites is 2. The Morgan fingerprint density at radius 2 is 1.96 bits per heavy atom. The molecule has 0 radical (unpaired) electrons. The fourth-order valence-electron chi connectivity index (χ4n) is 3.69.